The van der Waals surface area contributed by atoms with Crippen molar-refractivity contribution in [2.45, 2.75) is 39.3 Å². The Morgan fingerprint density at radius 3 is 2.79 bits per heavy atom. The van der Waals surface area contributed by atoms with E-state index in [-0.39, 0.29) is 6.04 Å². The standard InChI is InChI=1S/C12H19N5OS/c1-5-17-11(8(18-4)6-14-17)9(13)12-10(7(2)3)15-16-19-12/h6-7,9H,5,13H2,1-4H3. The molecule has 1 atom stereocenters. The fourth-order valence-corrected chi connectivity index (χ4v) is 2.86. The van der Waals surface area contributed by atoms with E-state index in [0.29, 0.717) is 11.7 Å². The van der Waals surface area contributed by atoms with Crippen molar-refractivity contribution in [2.75, 3.05) is 7.11 Å². The molecule has 0 aliphatic carbocycles. The first-order chi connectivity index (χ1) is 9.10. The van der Waals surface area contributed by atoms with Crippen LogP contribution in [0.1, 0.15) is 49.0 Å². The van der Waals surface area contributed by atoms with Gasteiger partial charge >= 0.3 is 0 Å². The third-order valence-electron chi connectivity index (χ3n) is 3.03. The van der Waals surface area contributed by atoms with Gasteiger partial charge in [-0.15, -0.1) is 5.10 Å². The molecule has 0 saturated heterocycles. The number of methoxy groups -OCH3 is 1. The lowest BCUT2D eigenvalue weighted by molar-refractivity contribution is 0.405. The van der Waals surface area contributed by atoms with E-state index in [2.05, 4.69) is 28.5 Å². The zero-order chi connectivity index (χ0) is 14.0. The first kappa shape index (κ1) is 14.0. The van der Waals surface area contributed by atoms with E-state index >= 15 is 0 Å². The predicted molar refractivity (Wildman–Crippen MR) is 74.5 cm³/mol. The van der Waals surface area contributed by atoms with E-state index < -0.39 is 0 Å². The third-order valence-corrected chi connectivity index (χ3v) is 3.85. The van der Waals surface area contributed by atoms with Crippen molar-refractivity contribution in [3.05, 3.63) is 22.5 Å². The van der Waals surface area contributed by atoms with E-state index in [1.165, 1.54) is 11.5 Å². The molecule has 0 spiro atoms. The lowest BCUT2D eigenvalue weighted by Crippen LogP contribution is -2.18. The van der Waals surface area contributed by atoms with Crippen LogP contribution in [0, 0.1) is 0 Å². The average Bonchev–Trinajstić information content (AvgIpc) is 3.03. The lowest BCUT2D eigenvalue weighted by Gasteiger charge is -2.15. The largest absolute Gasteiger partial charge is 0.493 e. The average molecular weight is 281 g/mol. The Bertz CT molecular complexity index is 527. The number of aromatic nitrogens is 4. The molecule has 0 radical (unpaired) electrons. The summed E-state index contributed by atoms with van der Waals surface area (Å²) >= 11 is 1.34. The second-order valence-corrected chi connectivity index (χ2v) is 5.35. The minimum atomic E-state index is -0.310. The maximum Gasteiger partial charge on any atom is 0.161 e. The first-order valence-electron chi connectivity index (χ1n) is 6.27. The van der Waals surface area contributed by atoms with Crippen molar-refractivity contribution >= 4 is 11.5 Å². The minimum Gasteiger partial charge on any atom is -0.493 e. The molecule has 2 heterocycles. The fraction of sp³-hybridized carbons (Fsp3) is 0.583. The van der Waals surface area contributed by atoms with Crippen molar-refractivity contribution < 1.29 is 4.74 Å². The van der Waals surface area contributed by atoms with Gasteiger partial charge in [-0.2, -0.15) is 5.10 Å². The zero-order valence-corrected chi connectivity index (χ0v) is 12.4. The van der Waals surface area contributed by atoms with Gasteiger partial charge in [0.25, 0.3) is 0 Å². The maximum atomic E-state index is 6.39. The molecule has 2 N–H and O–H groups in total. The normalized spacial score (nSPS) is 12.9. The van der Waals surface area contributed by atoms with Crippen LogP contribution in [-0.2, 0) is 6.54 Å². The van der Waals surface area contributed by atoms with E-state index in [1.54, 1.807) is 13.3 Å². The Balaban J connectivity index is 2.46. The van der Waals surface area contributed by atoms with Gasteiger partial charge < -0.3 is 10.5 Å². The second kappa shape index (κ2) is 5.66. The lowest BCUT2D eigenvalue weighted by atomic mass is 10.0. The van der Waals surface area contributed by atoms with Gasteiger partial charge in [-0.25, -0.2) is 0 Å². The summed E-state index contributed by atoms with van der Waals surface area (Å²) in [4.78, 5) is 0.975. The van der Waals surface area contributed by atoms with Gasteiger partial charge in [0.2, 0.25) is 0 Å². The number of nitrogens with zero attached hydrogens (tertiary/aromatic N) is 4. The van der Waals surface area contributed by atoms with Gasteiger partial charge in [0.1, 0.15) is 5.69 Å². The zero-order valence-electron chi connectivity index (χ0n) is 11.6. The van der Waals surface area contributed by atoms with Gasteiger partial charge in [-0.3, -0.25) is 4.68 Å². The molecular formula is C12H19N5OS. The highest BCUT2D eigenvalue weighted by molar-refractivity contribution is 7.05. The monoisotopic (exact) mass is 281 g/mol. The minimum absolute atomic E-state index is 0.295. The summed E-state index contributed by atoms with van der Waals surface area (Å²) in [5, 5.41) is 8.46. The molecule has 0 bridgehead atoms. The van der Waals surface area contributed by atoms with Gasteiger partial charge in [-0.1, -0.05) is 18.3 Å². The summed E-state index contributed by atoms with van der Waals surface area (Å²) in [5.41, 5.74) is 8.21. The molecule has 7 heteroatoms. The molecule has 0 aromatic carbocycles. The highest BCUT2D eigenvalue weighted by Gasteiger charge is 2.25. The van der Waals surface area contributed by atoms with E-state index in [4.69, 9.17) is 10.5 Å². The van der Waals surface area contributed by atoms with Crippen molar-refractivity contribution in [1.82, 2.24) is 19.4 Å². The summed E-state index contributed by atoms with van der Waals surface area (Å²) < 4.78 is 11.2. The molecule has 2 aromatic heterocycles. The smallest absolute Gasteiger partial charge is 0.161 e. The highest BCUT2D eigenvalue weighted by atomic mass is 32.1. The Morgan fingerprint density at radius 2 is 2.21 bits per heavy atom. The van der Waals surface area contributed by atoms with Gasteiger partial charge in [0.15, 0.2) is 5.75 Å². The summed E-state index contributed by atoms with van der Waals surface area (Å²) in [6.07, 6.45) is 1.70. The molecule has 0 aliphatic rings. The summed E-state index contributed by atoms with van der Waals surface area (Å²) in [6.45, 7) is 6.94. The van der Waals surface area contributed by atoms with E-state index in [1.807, 2.05) is 11.6 Å². The highest BCUT2D eigenvalue weighted by Crippen LogP contribution is 2.33. The van der Waals surface area contributed by atoms with Crippen LogP contribution in [-0.4, -0.2) is 26.5 Å². The predicted octanol–water partition coefficient (Wildman–Crippen LogP) is 1.93. The maximum absolute atomic E-state index is 6.39. The summed E-state index contributed by atoms with van der Waals surface area (Å²) in [6, 6.07) is -0.310. The number of hydrogen-bond acceptors (Lipinski definition) is 6. The van der Waals surface area contributed by atoms with Gasteiger partial charge in [-0.05, 0) is 24.4 Å². The Morgan fingerprint density at radius 1 is 1.47 bits per heavy atom. The Hall–Kier alpha value is -1.47. The van der Waals surface area contributed by atoms with Crippen LogP contribution in [0.4, 0.5) is 0 Å². The molecule has 1 unspecified atom stereocenters. The van der Waals surface area contributed by atoms with E-state index in [9.17, 15) is 0 Å². The van der Waals surface area contributed by atoms with E-state index in [0.717, 1.165) is 22.8 Å². The van der Waals surface area contributed by atoms with Crippen LogP contribution >= 0.6 is 11.5 Å². The molecule has 2 aromatic rings. The van der Waals surface area contributed by atoms with Crippen LogP contribution < -0.4 is 10.5 Å². The van der Waals surface area contributed by atoms with Crippen LogP contribution in [0.15, 0.2) is 6.20 Å². The summed E-state index contributed by atoms with van der Waals surface area (Å²) in [7, 11) is 1.63. The Kier molecular flexibility index (Phi) is 4.16. The van der Waals surface area contributed by atoms with Crippen LogP contribution in [0.5, 0.6) is 5.75 Å². The first-order valence-corrected chi connectivity index (χ1v) is 7.04. The quantitative estimate of drug-likeness (QED) is 0.906. The van der Waals surface area contributed by atoms with Crippen LogP contribution in [0.25, 0.3) is 0 Å². The summed E-state index contributed by atoms with van der Waals surface area (Å²) in [5.74, 6) is 1.00. The SMILES string of the molecule is CCn1ncc(OC)c1C(N)c1snnc1C(C)C. The van der Waals surface area contributed by atoms with Crippen molar-refractivity contribution in [3.63, 3.8) is 0 Å². The van der Waals surface area contributed by atoms with Gasteiger partial charge in [0.05, 0.1) is 29.9 Å². The molecule has 6 nitrogen and oxygen atoms in total. The van der Waals surface area contributed by atoms with Crippen molar-refractivity contribution in [2.24, 2.45) is 5.73 Å². The number of hydrogen-bond donors (Lipinski definition) is 1. The number of ether oxygens (including phenoxy) is 1. The van der Waals surface area contributed by atoms with Crippen molar-refractivity contribution in [1.29, 1.82) is 0 Å². The number of nitrogens with two attached hydrogens (primary N) is 1. The molecule has 0 aliphatic heterocycles. The second-order valence-electron chi connectivity index (χ2n) is 4.57. The molecule has 0 fully saturated rings. The third kappa shape index (κ3) is 2.48. The molecule has 2 rings (SSSR count). The molecular weight excluding hydrogens is 262 g/mol. The van der Waals surface area contributed by atoms with Crippen molar-refractivity contribution in [3.8, 4) is 5.75 Å². The number of rotatable bonds is 5. The van der Waals surface area contributed by atoms with Crippen LogP contribution in [0.3, 0.4) is 0 Å². The Labute approximate surface area is 116 Å². The van der Waals surface area contributed by atoms with Gasteiger partial charge in [0, 0.05) is 6.54 Å². The fourth-order valence-electron chi connectivity index (χ4n) is 2.05. The number of aryl methyl sites for hydroxylation is 1. The molecule has 0 amide bonds. The topological polar surface area (TPSA) is 78.9 Å². The van der Waals surface area contributed by atoms with Crippen LogP contribution in [0.2, 0.25) is 0 Å². The molecule has 0 saturated carbocycles. The molecule has 104 valence electrons. The molecule has 19 heavy (non-hydrogen) atoms.